The molecule has 0 saturated heterocycles. The molecule has 0 N–H and O–H groups in total. The van der Waals surface area contributed by atoms with Gasteiger partial charge >= 0.3 is 18.4 Å². The molecule has 2 aromatic rings. The van der Waals surface area contributed by atoms with Crippen LogP contribution in [-0.2, 0) is 28.4 Å². The first-order valence-electron chi connectivity index (χ1n) is 11.8. The number of nitrogens with zero attached hydrogens (tertiary/aromatic N) is 3. The highest BCUT2D eigenvalue weighted by Crippen LogP contribution is 2.42. The lowest BCUT2D eigenvalue weighted by Crippen LogP contribution is -2.35. The lowest BCUT2D eigenvalue weighted by Gasteiger charge is -2.32. The maximum Gasteiger partial charge on any atom is 0.416 e. The van der Waals surface area contributed by atoms with Gasteiger partial charge in [0.15, 0.2) is 0 Å². The van der Waals surface area contributed by atoms with Crippen LogP contribution in [0.4, 0.5) is 36.8 Å². The first kappa shape index (κ1) is 30.3. The Labute approximate surface area is 225 Å². The Bertz CT molecular complexity index is 1200. The van der Waals surface area contributed by atoms with Gasteiger partial charge in [0, 0.05) is 20.0 Å². The maximum absolute atomic E-state index is 13.4. The van der Waals surface area contributed by atoms with Crippen LogP contribution in [0, 0.1) is 0 Å². The van der Waals surface area contributed by atoms with E-state index in [0.29, 0.717) is 18.6 Å². The summed E-state index contributed by atoms with van der Waals surface area (Å²) in [6.45, 7) is 3.99. The number of benzene rings is 1. The summed E-state index contributed by atoms with van der Waals surface area (Å²) in [5.41, 5.74) is -3.05. The van der Waals surface area contributed by atoms with Crippen molar-refractivity contribution in [2.24, 2.45) is 0 Å². The summed E-state index contributed by atoms with van der Waals surface area (Å²) >= 11 is 6.27. The summed E-state index contributed by atoms with van der Waals surface area (Å²) in [4.78, 5) is 32.4. The third-order valence-electron chi connectivity index (χ3n) is 5.95. The van der Waals surface area contributed by atoms with Crippen LogP contribution in [0.1, 0.15) is 62.0 Å². The molecule has 14 heteroatoms. The van der Waals surface area contributed by atoms with Crippen molar-refractivity contribution in [1.82, 2.24) is 9.88 Å². The monoisotopic (exact) mass is 581 g/mol. The number of methoxy groups -OCH3 is 1. The molecule has 2 heterocycles. The van der Waals surface area contributed by atoms with Gasteiger partial charge in [-0.3, -0.25) is 9.69 Å². The molecule has 2 amide bonds. The number of pyridine rings is 1. The molecule has 39 heavy (non-hydrogen) atoms. The lowest BCUT2D eigenvalue weighted by molar-refractivity contribution is -0.143. The van der Waals surface area contributed by atoms with Crippen molar-refractivity contribution in [3.05, 3.63) is 51.7 Å². The number of rotatable bonds is 5. The number of hydrogen-bond donors (Lipinski definition) is 0. The fraction of sp³-hybridized carbons (Fsp3) is 0.480. The minimum absolute atomic E-state index is 0.0230. The second-order valence-corrected chi connectivity index (χ2v) is 9.59. The number of amides is 2. The smallest absolute Gasteiger partial charge is 0.416 e. The molecule has 1 unspecified atom stereocenters. The molecule has 1 aliphatic rings. The Balaban J connectivity index is 2.14. The van der Waals surface area contributed by atoms with Crippen LogP contribution in [0.2, 0.25) is 5.02 Å². The third-order valence-corrected chi connectivity index (χ3v) is 6.22. The summed E-state index contributed by atoms with van der Waals surface area (Å²) in [7, 11) is 1.29. The molecule has 3 rings (SSSR count). The second-order valence-electron chi connectivity index (χ2n) is 9.19. The van der Waals surface area contributed by atoms with Crippen LogP contribution >= 0.6 is 11.6 Å². The van der Waals surface area contributed by atoms with Crippen LogP contribution in [0.25, 0.3) is 0 Å². The van der Waals surface area contributed by atoms with Crippen LogP contribution in [0.5, 0.6) is 5.88 Å². The highest BCUT2D eigenvalue weighted by Gasteiger charge is 2.38. The predicted octanol–water partition coefficient (Wildman–Crippen LogP) is 7.02. The van der Waals surface area contributed by atoms with E-state index in [4.69, 9.17) is 21.1 Å². The van der Waals surface area contributed by atoms with E-state index < -0.39 is 54.2 Å². The SMILES string of the molecule is COc1nc2c(cc1Cl)N(C(=O)OC(C)C)CCCC2N(Cc1cc(C(F)(F)F)cc(C(F)(F)F)c1)C(C)=O. The highest BCUT2D eigenvalue weighted by atomic mass is 35.5. The van der Waals surface area contributed by atoms with Crippen LogP contribution in [0.3, 0.4) is 0 Å². The van der Waals surface area contributed by atoms with E-state index in [9.17, 15) is 35.9 Å². The largest absolute Gasteiger partial charge is 0.480 e. The molecule has 7 nitrogen and oxygen atoms in total. The van der Waals surface area contributed by atoms with Crippen molar-refractivity contribution in [2.45, 2.75) is 64.7 Å². The number of carbonyl (C=O) groups is 2. The van der Waals surface area contributed by atoms with Gasteiger partial charge in [-0.25, -0.2) is 9.78 Å². The van der Waals surface area contributed by atoms with Crippen LogP contribution in [0.15, 0.2) is 24.3 Å². The van der Waals surface area contributed by atoms with Crippen molar-refractivity contribution in [1.29, 1.82) is 0 Å². The number of anilines is 1. The average molecular weight is 582 g/mol. The molecule has 1 aromatic carbocycles. The average Bonchev–Trinajstić information content (AvgIpc) is 2.99. The predicted molar refractivity (Wildman–Crippen MR) is 129 cm³/mol. The number of fused-ring (bicyclic) bond motifs is 1. The molecule has 0 fully saturated rings. The second kappa shape index (κ2) is 11.5. The molecule has 1 aliphatic heterocycles. The van der Waals surface area contributed by atoms with Gasteiger partial charge in [-0.2, -0.15) is 26.3 Å². The highest BCUT2D eigenvalue weighted by molar-refractivity contribution is 6.32. The van der Waals surface area contributed by atoms with E-state index in [1.54, 1.807) is 13.8 Å². The minimum atomic E-state index is -5.05. The van der Waals surface area contributed by atoms with Gasteiger partial charge in [0.1, 0.15) is 5.02 Å². The van der Waals surface area contributed by atoms with Gasteiger partial charge in [0.25, 0.3) is 0 Å². The third kappa shape index (κ3) is 7.06. The number of hydrogen-bond acceptors (Lipinski definition) is 5. The van der Waals surface area contributed by atoms with Crippen molar-refractivity contribution in [3.8, 4) is 5.88 Å². The quantitative estimate of drug-likeness (QED) is 0.355. The Morgan fingerprint density at radius 3 is 2.18 bits per heavy atom. The minimum Gasteiger partial charge on any atom is -0.480 e. The fourth-order valence-electron chi connectivity index (χ4n) is 4.29. The van der Waals surface area contributed by atoms with Crippen LogP contribution < -0.4 is 9.64 Å². The molecule has 0 aliphatic carbocycles. The zero-order valence-corrected chi connectivity index (χ0v) is 22.2. The zero-order valence-electron chi connectivity index (χ0n) is 21.4. The number of aromatic nitrogens is 1. The van der Waals surface area contributed by atoms with Gasteiger partial charge < -0.3 is 14.4 Å². The van der Waals surface area contributed by atoms with E-state index in [0.717, 1.165) is 11.8 Å². The Hall–Kier alpha value is -3.22. The summed E-state index contributed by atoms with van der Waals surface area (Å²) in [5.74, 6) is -0.674. The standard InChI is InChI=1S/C25H26ClF6N3O4/c1-13(2)39-23(37)34-7-5-6-19(21-20(34)11-18(26)22(33-21)38-4)35(14(3)36)12-15-8-16(24(27,28)29)10-17(9-15)25(30,31)32/h8-11,13,19H,5-7,12H2,1-4H3. The Morgan fingerprint density at radius 1 is 1.10 bits per heavy atom. The van der Waals surface area contributed by atoms with E-state index >= 15 is 0 Å². The van der Waals surface area contributed by atoms with Gasteiger partial charge in [0.05, 0.1) is 41.8 Å². The van der Waals surface area contributed by atoms with Gasteiger partial charge in [-0.05, 0) is 56.5 Å². The summed E-state index contributed by atoms with van der Waals surface area (Å²) in [6.07, 6.45) is -10.8. The Kier molecular flexibility index (Phi) is 8.93. The molecule has 0 radical (unpaired) electrons. The number of halogens is 7. The summed E-state index contributed by atoms with van der Waals surface area (Å²) < 4.78 is 91.1. The van der Waals surface area contributed by atoms with Gasteiger partial charge in [-0.15, -0.1) is 0 Å². The molecule has 0 saturated carbocycles. The first-order chi connectivity index (χ1) is 18.0. The maximum atomic E-state index is 13.4. The number of ether oxygens (including phenoxy) is 2. The van der Waals surface area contributed by atoms with Crippen molar-refractivity contribution in [3.63, 3.8) is 0 Å². The fourth-order valence-corrected chi connectivity index (χ4v) is 4.51. The molecular formula is C25H26ClF6N3O4. The number of carbonyl (C=O) groups excluding carboxylic acids is 2. The van der Waals surface area contributed by atoms with E-state index in [1.165, 1.54) is 18.1 Å². The molecule has 1 aromatic heterocycles. The molecule has 214 valence electrons. The first-order valence-corrected chi connectivity index (χ1v) is 12.2. The molecule has 0 bridgehead atoms. The molecule has 1 atom stereocenters. The van der Waals surface area contributed by atoms with E-state index in [-0.39, 0.29) is 46.9 Å². The van der Waals surface area contributed by atoms with Gasteiger partial charge in [-0.1, -0.05) is 11.6 Å². The van der Waals surface area contributed by atoms with E-state index in [1.807, 2.05) is 0 Å². The molecule has 0 spiro atoms. The molecular weight excluding hydrogens is 556 g/mol. The van der Waals surface area contributed by atoms with Crippen molar-refractivity contribution in [2.75, 3.05) is 18.6 Å². The normalized spacial score (nSPS) is 16.0. The van der Waals surface area contributed by atoms with E-state index in [2.05, 4.69) is 4.98 Å². The van der Waals surface area contributed by atoms with Crippen LogP contribution in [-0.4, -0.2) is 41.6 Å². The Morgan fingerprint density at radius 2 is 1.69 bits per heavy atom. The number of alkyl halides is 6. The lowest BCUT2D eigenvalue weighted by atomic mass is 10.0. The summed E-state index contributed by atoms with van der Waals surface area (Å²) in [6, 6.07) is 1.63. The van der Waals surface area contributed by atoms with Crippen molar-refractivity contribution < 1.29 is 45.4 Å². The summed E-state index contributed by atoms with van der Waals surface area (Å²) in [5, 5.41) is 0.0429. The van der Waals surface area contributed by atoms with Gasteiger partial charge in [0.2, 0.25) is 11.8 Å². The van der Waals surface area contributed by atoms with Crippen molar-refractivity contribution >= 4 is 29.3 Å². The topological polar surface area (TPSA) is 72.0 Å². The zero-order chi connectivity index (χ0) is 29.3.